The van der Waals surface area contributed by atoms with Crippen molar-refractivity contribution in [1.29, 1.82) is 0 Å². The summed E-state index contributed by atoms with van der Waals surface area (Å²) in [6, 6.07) is 9.17. The number of ether oxygens (including phenoxy) is 5. The van der Waals surface area contributed by atoms with E-state index < -0.39 is 5.60 Å². The van der Waals surface area contributed by atoms with Crippen LogP contribution in [0, 0.1) is 0 Å². The molecule has 1 N–H and O–H groups in total. The van der Waals surface area contributed by atoms with Gasteiger partial charge in [-0.15, -0.1) is 0 Å². The molecule has 0 spiro atoms. The fourth-order valence-corrected chi connectivity index (χ4v) is 4.79. The minimum atomic E-state index is -1.15. The zero-order valence-corrected chi connectivity index (χ0v) is 19.5. The summed E-state index contributed by atoms with van der Waals surface area (Å²) >= 11 is 1.42. The van der Waals surface area contributed by atoms with Crippen molar-refractivity contribution in [3.05, 3.63) is 30.3 Å². The lowest BCUT2D eigenvalue weighted by molar-refractivity contribution is -0.128. The second-order valence-electron chi connectivity index (χ2n) is 8.16. The Labute approximate surface area is 195 Å². The Morgan fingerprint density at radius 2 is 1.94 bits per heavy atom. The number of rotatable bonds is 6. The molecule has 0 aliphatic carbocycles. The van der Waals surface area contributed by atoms with Gasteiger partial charge in [-0.3, -0.25) is 10.1 Å². The van der Waals surface area contributed by atoms with E-state index in [9.17, 15) is 4.79 Å². The second kappa shape index (κ2) is 8.60. The van der Waals surface area contributed by atoms with Gasteiger partial charge in [-0.2, -0.15) is 0 Å². The molecule has 1 aromatic heterocycles. The van der Waals surface area contributed by atoms with E-state index in [0.717, 1.165) is 29.0 Å². The van der Waals surface area contributed by atoms with Gasteiger partial charge in [0.05, 0.1) is 30.7 Å². The van der Waals surface area contributed by atoms with E-state index in [2.05, 4.69) is 15.2 Å². The van der Waals surface area contributed by atoms with Crippen LogP contribution < -0.4 is 29.2 Å². The van der Waals surface area contributed by atoms with Crippen molar-refractivity contribution in [3.8, 4) is 23.0 Å². The molecule has 5 rings (SSSR count). The van der Waals surface area contributed by atoms with Crippen molar-refractivity contribution in [2.24, 2.45) is 0 Å². The molecule has 9 nitrogen and oxygen atoms in total. The van der Waals surface area contributed by atoms with E-state index in [1.54, 1.807) is 39.2 Å². The zero-order valence-electron chi connectivity index (χ0n) is 18.7. The Kier molecular flexibility index (Phi) is 5.63. The van der Waals surface area contributed by atoms with Gasteiger partial charge in [0.15, 0.2) is 22.2 Å². The van der Waals surface area contributed by atoms with E-state index in [4.69, 9.17) is 23.7 Å². The van der Waals surface area contributed by atoms with Crippen LogP contribution in [0.3, 0.4) is 0 Å². The number of thiazole rings is 1. The van der Waals surface area contributed by atoms with Crippen molar-refractivity contribution in [2.75, 3.05) is 50.4 Å². The van der Waals surface area contributed by atoms with E-state index in [-0.39, 0.29) is 12.7 Å². The highest BCUT2D eigenvalue weighted by atomic mass is 32.1. The zero-order chi connectivity index (χ0) is 23.0. The van der Waals surface area contributed by atoms with E-state index in [1.807, 2.05) is 12.1 Å². The standard InChI is InChI=1S/C23H25N3O6S/c1-23(2,32-14-4-6-16-18(12-14)31-13-30-16)21(27)25-22-24-19-17(28-3)7-5-15(20(19)33-22)26-8-10-29-11-9-26/h4-7,12H,8-11,13H2,1-3H3,(H,24,25,27). The molecule has 33 heavy (non-hydrogen) atoms. The number of carbonyl (C=O) groups excluding carboxylic acids is 1. The smallest absolute Gasteiger partial charge is 0.269 e. The molecule has 2 aliphatic rings. The van der Waals surface area contributed by atoms with Gasteiger partial charge in [-0.05, 0) is 38.1 Å². The molecule has 3 aromatic rings. The minimum Gasteiger partial charge on any atom is -0.494 e. The van der Waals surface area contributed by atoms with Crippen LogP contribution in [0.5, 0.6) is 23.0 Å². The summed E-state index contributed by atoms with van der Waals surface area (Å²) in [4.78, 5) is 20.0. The number of carbonyl (C=O) groups is 1. The summed E-state index contributed by atoms with van der Waals surface area (Å²) in [7, 11) is 1.61. The highest BCUT2D eigenvalue weighted by Crippen LogP contribution is 2.40. The largest absolute Gasteiger partial charge is 0.494 e. The predicted molar refractivity (Wildman–Crippen MR) is 125 cm³/mol. The molecule has 2 aromatic carbocycles. The van der Waals surface area contributed by atoms with Gasteiger partial charge in [0, 0.05) is 19.2 Å². The Balaban J connectivity index is 1.38. The number of methoxy groups -OCH3 is 1. The molecule has 174 valence electrons. The van der Waals surface area contributed by atoms with Crippen LogP contribution in [0.25, 0.3) is 10.2 Å². The Morgan fingerprint density at radius 1 is 1.15 bits per heavy atom. The summed E-state index contributed by atoms with van der Waals surface area (Å²) in [5, 5.41) is 3.40. The first-order valence-electron chi connectivity index (χ1n) is 10.6. The van der Waals surface area contributed by atoms with Crippen LogP contribution in [0.15, 0.2) is 30.3 Å². The maximum Gasteiger partial charge on any atom is 0.269 e. The fourth-order valence-electron chi connectivity index (χ4n) is 3.77. The number of amides is 1. The first-order chi connectivity index (χ1) is 15.9. The van der Waals surface area contributed by atoms with Crippen molar-refractivity contribution >= 4 is 38.3 Å². The lowest BCUT2D eigenvalue weighted by atomic mass is 10.1. The summed E-state index contributed by atoms with van der Waals surface area (Å²) in [6.45, 7) is 6.56. The topological polar surface area (TPSA) is 91.4 Å². The van der Waals surface area contributed by atoms with Crippen LogP contribution in [-0.4, -0.2) is 56.7 Å². The first-order valence-corrected chi connectivity index (χ1v) is 11.5. The van der Waals surface area contributed by atoms with Crippen LogP contribution >= 0.6 is 11.3 Å². The van der Waals surface area contributed by atoms with Gasteiger partial charge in [-0.25, -0.2) is 4.98 Å². The Bertz CT molecular complexity index is 1190. The third-order valence-electron chi connectivity index (χ3n) is 5.54. The molecule has 0 atom stereocenters. The number of nitrogens with zero attached hydrogens (tertiary/aromatic N) is 2. The van der Waals surface area contributed by atoms with Crippen molar-refractivity contribution in [3.63, 3.8) is 0 Å². The average molecular weight is 472 g/mol. The molecule has 0 unspecified atom stereocenters. The van der Waals surface area contributed by atoms with E-state index in [0.29, 0.717) is 41.3 Å². The number of fused-ring (bicyclic) bond motifs is 2. The summed E-state index contributed by atoms with van der Waals surface area (Å²) in [5.74, 6) is 2.11. The fraction of sp³-hybridized carbons (Fsp3) is 0.391. The van der Waals surface area contributed by atoms with E-state index in [1.165, 1.54) is 11.3 Å². The third-order valence-corrected chi connectivity index (χ3v) is 6.54. The quantitative estimate of drug-likeness (QED) is 0.582. The molecular weight excluding hydrogens is 446 g/mol. The van der Waals surface area contributed by atoms with Gasteiger partial charge >= 0.3 is 0 Å². The highest BCUT2D eigenvalue weighted by Gasteiger charge is 2.32. The predicted octanol–water partition coefficient (Wildman–Crippen LogP) is 3.67. The molecule has 1 amide bonds. The summed E-state index contributed by atoms with van der Waals surface area (Å²) in [6.07, 6.45) is 0. The van der Waals surface area contributed by atoms with Crippen molar-refractivity contribution in [2.45, 2.75) is 19.4 Å². The van der Waals surface area contributed by atoms with Crippen molar-refractivity contribution in [1.82, 2.24) is 4.98 Å². The SMILES string of the molecule is COc1ccc(N2CCOCC2)c2sc(NC(=O)C(C)(C)Oc3ccc4c(c3)OCO4)nc12. The molecule has 0 radical (unpaired) electrons. The van der Waals surface area contributed by atoms with Gasteiger partial charge < -0.3 is 28.6 Å². The minimum absolute atomic E-state index is 0.177. The number of morpholine rings is 1. The van der Waals surface area contributed by atoms with Crippen LogP contribution in [0.2, 0.25) is 0 Å². The van der Waals surface area contributed by atoms with Gasteiger partial charge in [-0.1, -0.05) is 11.3 Å². The van der Waals surface area contributed by atoms with E-state index >= 15 is 0 Å². The van der Waals surface area contributed by atoms with Gasteiger partial charge in [0.1, 0.15) is 17.0 Å². The van der Waals surface area contributed by atoms with Crippen molar-refractivity contribution < 1.29 is 28.5 Å². The molecule has 3 heterocycles. The lowest BCUT2D eigenvalue weighted by Gasteiger charge is -2.29. The molecule has 2 aliphatic heterocycles. The second-order valence-corrected chi connectivity index (χ2v) is 9.16. The number of hydrogen-bond donors (Lipinski definition) is 1. The van der Waals surface area contributed by atoms with Gasteiger partial charge in [0.2, 0.25) is 6.79 Å². The number of hydrogen-bond acceptors (Lipinski definition) is 9. The molecule has 1 fully saturated rings. The Morgan fingerprint density at radius 3 is 2.73 bits per heavy atom. The molecule has 0 saturated carbocycles. The molecule has 1 saturated heterocycles. The monoisotopic (exact) mass is 471 g/mol. The number of benzene rings is 2. The van der Waals surface area contributed by atoms with Crippen LogP contribution in [0.1, 0.15) is 13.8 Å². The maximum atomic E-state index is 13.1. The number of anilines is 2. The van der Waals surface area contributed by atoms with Gasteiger partial charge in [0.25, 0.3) is 5.91 Å². The third kappa shape index (κ3) is 4.23. The summed E-state index contributed by atoms with van der Waals surface area (Å²) < 4.78 is 28.7. The number of nitrogens with one attached hydrogen (secondary N) is 1. The van der Waals surface area contributed by atoms with Crippen LogP contribution in [-0.2, 0) is 9.53 Å². The molecule has 10 heteroatoms. The molecule has 0 bridgehead atoms. The average Bonchev–Trinajstić information content (AvgIpc) is 3.45. The van der Waals surface area contributed by atoms with Crippen LogP contribution in [0.4, 0.5) is 10.8 Å². The maximum absolute atomic E-state index is 13.1. The number of aromatic nitrogens is 1. The highest BCUT2D eigenvalue weighted by molar-refractivity contribution is 7.23. The Hall–Kier alpha value is -3.24. The molecular formula is C23H25N3O6S. The normalized spacial score (nSPS) is 15.5. The lowest BCUT2D eigenvalue weighted by Crippen LogP contribution is -2.42. The summed E-state index contributed by atoms with van der Waals surface area (Å²) in [5.41, 5.74) is 0.627. The first kappa shape index (κ1) is 21.6.